The second-order valence-electron chi connectivity index (χ2n) is 6.23. The molecule has 2 bridgehead atoms. The summed E-state index contributed by atoms with van der Waals surface area (Å²) in [5.41, 5.74) is 1.14. The van der Waals surface area contributed by atoms with Gasteiger partial charge in [0.05, 0.1) is 0 Å². The maximum atomic E-state index is 4.73. The molecule has 3 aliphatic rings. The van der Waals surface area contributed by atoms with Crippen molar-refractivity contribution in [2.24, 2.45) is 5.92 Å². The molecule has 1 aromatic rings. The number of hydrogen-bond donors (Lipinski definition) is 2. The zero-order valence-electron chi connectivity index (χ0n) is 13.4. The lowest BCUT2D eigenvalue weighted by Gasteiger charge is -2.45. The summed E-state index contributed by atoms with van der Waals surface area (Å²) in [6, 6.07) is 0.542. The first-order chi connectivity index (χ1) is 10.2. The summed E-state index contributed by atoms with van der Waals surface area (Å²) in [5, 5.41) is 7.08. The Morgan fingerprint density at radius 1 is 1.14 bits per heavy atom. The first-order valence-corrected chi connectivity index (χ1v) is 8.31. The van der Waals surface area contributed by atoms with Crippen LogP contribution in [-0.4, -0.2) is 47.1 Å². The smallest absolute Gasteiger partial charge is 0.135 e. The van der Waals surface area contributed by atoms with Crippen LogP contribution in [-0.2, 0) is 6.42 Å². The Hall–Kier alpha value is -1.36. The van der Waals surface area contributed by atoms with Gasteiger partial charge in [0.2, 0.25) is 0 Å². The number of hydrogen-bond acceptors (Lipinski definition) is 5. The average molecular weight is 289 g/mol. The lowest BCUT2D eigenvalue weighted by atomic mass is 9.84. The van der Waals surface area contributed by atoms with Gasteiger partial charge < -0.3 is 15.5 Å². The highest BCUT2D eigenvalue weighted by Crippen LogP contribution is 2.31. The molecular weight excluding hydrogens is 262 g/mol. The molecule has 0 aromatic carbocycles. The van der Waals surface area contributed by atoms with E-state index in [4.69, 9.17) is 4.98 Å². The largest absolute Gasteiger partial charge is 0.370 e. The standard InChI is InChI=1S/C16H27N5/c1-4-14-19-15(17-5-2)11(3)16(20-14)18-13-10-21-8-6-12(13)7-9-21/h12-13H,4-10H2,1-3H3,(H2,17,18,19,20). The van der Waals surface area contributed by atoms with Crippen molar-refractivity contribution in [2.75, 3.05) is 36.8 Å². The van der Waals surface area contributed by atoms with Crippen molar-refractivity contribution >= 4 is 11.6 Å². The van der Waals surface area contributed by atoms with Crippen molar-refractivity contribution in [1.29, 1.82) is 0 Å². The molecular formula is C16H27N5. The third kappa shape index (κ3) is 2.98. The summed E-state index contributed by atoms with van der Waals surface area (Å²) in [6.07, 6.45) is 3.51. The van der Waals surface area contributed by atoms with Crippen LogP contribution in [0.25, 0.3) is 0 Å². The monoisotopic (exact) mass is 289 g/mol. The third-order valence-electron chi connectivity index (χ3n) is 4.83. The van der Waals surface area contributed by atoms with Gasteiger partial charge in [-0.25, -0.2) is 9.97 Å². The molecule has 0 saturated carbocycles. The van der Waals surface area contributed by atoms with Crippen LogP contribution < -0.4 is 10.6 Å². The van der Waals surface area contributed by atoms with Crippen LogP contribution >= 0.6 is 0 Å². The quantitative estimate of drug-likeness (QED) is 0.871. The molecule has 3 aliphatic heterocycles. The number of anilines is 2. The van der Waals surface area contributed by atoms with Crippen molar-refractivity contribution in [1.82, 2.24) is 14.9 Å². The maximum Gasteiger partial charge on any atom is 0.135 e. The Morgan fingerprint density at radius 2 is 1.86 bits per heavy atom. The number of nitrogens with one attached hydrogen (secondary N) is 2. The number of aromatic nitrogens is 2. The molecule has 116 valence electrons. The van der Waals surface area contributed by atoms with E-state index in [-0.39, 0.29) is 0 Å². The van der Waals surface area contributed by atoms with Gasteiger partial charge in [0, 0.05) is 31.1 Å². The fourth-order valence-electron chi connectivity index (χ4n) is 3.51. The minimum atomic E-state index is 0.542. The number of aryl methyl sites for hydroxylation is 1. The number of fused-ring (bicyclic) bond motifs is 3. The Labute approximate surface area is 127 Å². The molecule has 3 fully saturated rings. The van der Waals surface area contributed by atoms with E-state index in [1.165, 1.54) is 25.9 Å². The normalized spacial score (nSPS) is 27.7. The van der Waals surface area contributed by atoms with Gasteiger partial charge in [0.1, 0.15) is 17.5 Å². The van der Waals surface area contributed by atoms with Crippen LogP contribution in [0.2, 0.25) is 0 Å². The van der Waals surface area contributed by atoms with Gasteiger partial charge in [-0.1, -0.05) is 6.92 Å². The van der Waals surface area contributed by atoms with Crippen molar-refractivity contribution in [3.63, 3.8) is 0 Å². The molecule has 0 spiro atoms. The summed E-state index contributed by atoms with van der Waals surface area (Å²) in [7, 11) is 0. The molecule has 0 aliphatic carbocycles. The highest BCUT2D eigenvalue weighted by Gasteiger charge is 2.34. The molecule has 5 nitrogen and oxygen atoms in total. The summed E-state index contributed by atoms with van der Waals surface area (Å²) in [5.74, 6) is 3.72. The highest BCUT2D eigenvalue weighted by molar-refractivity contribution is 5.57. The van der Waals surface area contributed by atoms with Crippen LogP contribution in [0.5, 0.6) is 0 Å². The molecule has 4 rings (SSSR count). The topological polar surface area (TPSA) is 53.1 Å². The Kier molecular flexibility index (Phi) is 4.29. The Morgan fingerprint density at radius 3 is 2.43 bits per heavy atom. The molecule has 0 radical (unpaired) electrons. The molecule has 1 unspecified atom stereocenters. The van der Waals surface area contributed by atoms with E-state index >= 15 is 0 Å². The van der Waals surface area contributed by atoms with Crippen molar-refractivity contribution < 1.29 is 0 Å². The molecule has 4 heterocycles. The van der Waals surface area contributed by atoms with E-state index < -0.39 is 0 Å². The van der Waals surface area contributed by atoms with Gasteiger partial charge in [0.15, 0.2) is 0 Å². The number of rotatable bonds is 5. The van der Waals surface area contributed by atoms with E-state index in [9.17, 15) is 0 Å². The van der Waals surface area contributed by atoms with Crippen LogP contribution in [0, 0.1) is 12.8 Å². The first kappa shape index (κ1) is 14.6. The molecule has 1 aromatic heterocycles. The van der Waals surface area contributed by atoms with Crippen molar-refractivity contribution in [2.45, 2.75) is 46.1 Å². The first-order valence-electron chi connectivity index (χ1n) is 8.31. The molecule has 1 atom stereocenters. The molecule has 3 saturated heterocycles. The van der Waals surface area contributed by atoms with Gasteiger partial charge in [-0.15, -0.1) is 0 Å². The predicted octanol–water partition coefficient (Wildman–Crippen LogP) is 2.29. The summed E-state index contributed by atoms with van der Waals surface area (Å²) < 4.78 is 0. The summed E-state index contributed by atoms with van der Waals surface area (Å²) in [4.78, 5) is 11.9. The van der Waals surface area contributed by atoms with E-state index in [1.54, 1.807) is 0 Å². The highest BCUT2D eigenvalue weighted by atomic mass is 15.2. The third-order valence-corrected chi connectivity index (χ3v) is 4.83. The van der Waals surface area contributed by atoms with Crippen LogP contribution in [0.4, 0.5) is 11.6 Å². The average Bonchev–Trinajstić information content (AvgIpc) is 2.52. The van der Waals surface area contributed by atoms with Gasteiger partial charge in [-0.3, -0.25) is 0 Å². The van der Waals surface area contributed by atoms with Crippen molar-refractivity contribution in [3.8, 4) is 0 Å². The second-order valence-corrected chi connectivity index (χ2v) is 6.23. The molecule has 5 heteroatoms. The molecule has 2 N–H and O–H groups in total. The summed E-state index contributed by atoms with van der Waals surface area (Å²) in [6.45, 7) is 10.9. The summed E-state index contributed by atoms with van der Waals surface area (Å²) >= 11 is 0. The minimum absolute atomic E-state index is 0.542. The molecule has 21 heavy (non-hydrogen) atoms. The van der Waals surface area contributed by atoms with Gasteiger partial charge in [-0.05, 0) is 45.7 Å². The number of piperidine rings is 3. The maximum absolute atomic E-state index is 4.73. The van der Waals surface area contributed by atoms with E-state index in [0.29, 0.717) is 6.04 Å². The van der Waals surface area contributed by atoms with Crippen LogP contribution in [0.3, 0.4) is 0 Å². The van der Waals surface area contributed by atoms with Crippen molar-refractivity contribution in [3.05, 3.63) is 11.4 Å². The van der Waals surface area contributed by atoms with Gasteiger partial charge in [0.25, 0.3) is 0 Å². The lowest BCUT2D eigenvalue weighted by molar-refractivity contribution is 0.0973. The van der Waals surface area contributed by atoms with Gasteiger partial charge in [-0.2, -0.15) is 0 Å². The molecule has 0 amide bonds. The van der Waals surface area contributed by atoms with Crippen LogP contribution in [0.1, 0.15) is 38.1 Å². The fraction of sp³-hybridized carbons (Fsp3) is 0.750. The SMILES string of the molecule is CCNc1nc(CC)nc(NC2CN3CCC2CC3)c1C. The second kappa shape index (κ2) is 6.18. The lowest BCUT2D eigenvalue weighted by Crippen LogP contribution is -2.53. The van der Waals surface area contributed by atoms with E-state index in [2.05, 4.69) is 41.3 Å². The Bertz CT molecular complexity index is 494. The van der Waals surface area contributed by atoms with Gasteiger partial charge >= 0.3 is 0 Å². The Balaban J connectivity index is 1.82. The zero-order chi connectivity index (χ0) is 14.8. The fourth-order valence-corrected chi connectivity index (χ4v) is 3.51. The number of nitrogens with zero attached hydrogens (tertiary/aromatic N) is 3. The van der Waals surface area contributed by atoms with E-state index in [0.717, 1.165) is 48.5 Å². The van der Waals surface area contributed by atoms with E-state index in [1.807, 2.05) is 0 Å². The minimum Gasteiger partial charge on any atom is -0.370 e. The predicted molar refractivity (Wildman–Crippen MR) is 86.9 cm³/mol. The zero-order valence-corrected chi connectivity index (χ0v) is 13.4. The van der Waals surface area contributed by atoms with Crippen LogP contribution in [0.15, 0.2) is 0 Å².